The van der Waals surface area contributed by atoms with E-state index in [0.29, 0.717) is 22.9 Å². The number of pyridine rings is 1. The van der Waals surface area contributed by atoms with Gasteiger partial charge in [-0.2, -0.15) is 9.61 Å². The highest BCUT2D eigenvalue weighted by atomic mass is 32.2. The van der Waals surface area contributed by atoms with Crippen LogP contribution >= 0.6 is 11.8 Å². The highest BCUT2D eigenvalue weighted by Crippen LogP contribution is 2.22. The molecule has 0 unspecified atom stereocenters. The van der Waals surface area contributed by atoms with E-state index < -0.39 is 0 Å². The van der Waals surface area contributed by atoms with Gasteiger partial charge in [-0.05, 0) is 42.0 Å². The van der Waals surface area contributed by atoms with Crippen molar-refractivity contribution in [2.24, 2.45) is 0 Å². The smallest absolute Gasteiger partial charge is 0.234 e. The van der Waals surface area contributed by atoms with E-state index in [1.807, 2.05) is 72.8 Å². The summed E-state index contributed by atoms with van der Waals surface area (Å²) in [5.41, 5.74) is 5.02. The molecule has 0 saturated heterocycles. The summed E-state index contributed by atoms with van der Waals surface area (Å²) in [5, 5.41) is 16.1. The first kappa shape index (κ1) is 20.8. The number of nitrogens with one attached hydrogen (secondary N) is 1. The molecule has 0 spiro atoms. The van der Waals surface area contributed by atoms with Gasteiger partial charge >= 0.3 is 0 Å². The number of anilines is 1. The van der Waals surface area contributed by atoms with Crippen molar-refractivity contribution in [2.45, 2.75) is 5.75 Å². The molecule has 33 heavy (non-hydrogen) atoms. The van der Waals surface area contributed by atoms with Crippen molar-refractivity contribution in [1.82, 2.24) is 24.8 Å². The number of hydrogen-bond donors (Lipinski definition) is 1. The maximum atomic E-state index is 12.3. The molecular weight excluding hydrogens is 432 g/mol. The van der Waals surface area contributed by atoms with Crippen LogP contribution in [-0.2, 0) is 10.5 Å². The van der Waals surface area contributed by atoms with Crippen LogP contribution in [-0.4, -0.2) is 36.5 Å². The fourth-order valence-corrected chi connectivity index (χ4v) is 4.14. The second-order valence-electron chi connectivity index (χ2n) is 7.33. The van der Waals surface area contributed by atoms with Crippen LogP contribution in [0.2, 0.25) is 0 Å². The third-order valence-corrected chi connectivity index (χ3v) is 5.97. The molecule has 0 fully saturated rings. The zero-order valence-electron chi connectivity index (χ0n) is 17.6. The van der Waals surface area contributed by atoms with Gasteiger partial charge in [0.1, 0.15) is 5.69 Å². The molecule has 7 nitrogen and oxygen atoms in total. The number of nitrogens with zero attached hydrogens (tertiary/aromatic N) is 5. The first-order chi connectivity index (χ1) is 16.3. The fraction of sp³-hybridized carbons (Fsp3) is 0.0800. The Morgan fingerprint density at radius 2 is 1.67 bits per heavy atom. The number of thioether (sulfide) groups is 1. The lowest BCUT2D eigenvalue weighted by Gasteiger charge is -2.07. The molecule has 162 valence electrons. The van der Waals surface area contributed by atoms with Gasteiger partial charge in [0, 0.05) is 23.2 Å². The number of rotatable bonds is 7. The Hall–Kier alpha value is -4.04. The number of amides is 1. The number of aromatic nitrogens is 5. The van der Waals surface area contributed by atoms with Gasteiger partial charge in [0.25, 0.3) is 0 Å². The zero-order valence-corrected chi connectivity index (χ0v) is 18.4. The van der Waals surface area contributed by atoms with Gasteiger partial charge < -0.3 is 5.32 Å². The first-order valence-corrected chi connectivity index (χ1v) is 11.6. The van der Waals surface area contributed by atoms with Crippen LogP contribution in [0.25, 0.3) is 28.4 Å². The van der Waals surface area contributed by atoms with Crippen LogP contribution in [0, 0.1) is 0 Å². The Kier molecular flexibility index (Phi) is 6.08. The van der Waals surface area contributed by atoms with Crippen molar-refractivity contribution in [3.63, 3.8) is 0 Å². The second-order valence-corrected chi connectivity index (χ2v) is 8.32. The van der Waals surface area contributed by atoms with Gasteiger partial charge in [0.2, 0.25) is 11.7 Å². The van der Waals surface area contributed by atoms with Gasteiger partial charge in [0.15, 0.2) is 5.65 Å². The highest BCUT2D eigenvalue weighted by molar-refractivity contribution is 7.99. The van der Waals surface area contributed by atoms with Crippen LogP contribution in [0.5, 0.6) is 0 Å². The van der Waals surface area contributed by atoms with Gasteiger partial charge in [-0.1, -0.05) is 48.5 Å². The van der Waals surface area contributed by atoms with E-state index in [-0.39, 0.29) is 5.91 Å². The summed E-state index contributed by atoms with van der Waals surface area (Å²) in [4.78, 5) is 16.6. The largest absolute Gasteiger partial charge is 0.325 e. The molecule has 0 aliphatic rings. The van der Waals surface area contributed by atoms with Crippen LogP contribution in [0.3, 0.4) is 0 Å². The predicted molar refractivity (Wildman–Crippen MR) is 131 cm³/mol. The summed E-state index contributed by atoms with van der Waals surface area (Å²) in [6.07, 6.45) is 1.72. The molecule has 0 radical (unpaired) electrons. The summed E-state index contributed by atoms with van der Waals surface area (Å²) in [6, 6.07) is 27.2. The average Bonchev–Trinajstić information content (AvgIpc) is 3.29. The Bertz CT molecular complexity index is 1370. The topological polar surface area (TPSA) is 85.1 Å². The highest BCUT2D eigenvalue weighted by Gasteiger charge is 2.12. The van der Waals surface area contributed by atoms with Crippen molar-refractivity contribution < 1.29 is 4.79 Å². The summed E-state index contributed by atoms with van der Waals surface area (Å²) in [5.74, 6) is 1.78. The Morgan fingerprint density at radius 3 is 2.45 bits per heavy atom. The quantitative estimate of drug-likeness (QED) is 0.384. The molecule has 3 aromatic heterocycles. The zero-order chi connectivity index (χ0) is 22.5. The number of hydrogen-bond acceptors (Lipinski definition) is 6. The van der Waals surface area contributed by atoms with E-state index in [4.69, 9.17) is 5.10 Å². The van der Waals surface area contributed by atoms with E-state index >= 15 is 0 Å². The Labute approximate surface area is 194 Å². The van der Waals surface area contributed by atoms with E-state index in [2.05, 4.69) is 32.6 Å². The summed E-state index contributed by atoms with van der Waals surface area (Å²) in [7, 11) is 0. The molecule has 0 aliphatic carbocycles. The minimum atomic E-state index is -0.0206. The van der Waals surface area contributed by atoms with Gasteiger partial charge in [-0.15, -0.1) is 22.0 Å². The van der Waals surface area contributed by atoms with E-state index in [9.17, 15) is 4.79 Å². The van der Waals surface area contributed by atoms with Crippen LogP contribution in [0.1, 0.15) is 5.56 Å². The third-order valence-electron chi connectivity index (χ3n) is 4.97. The Balaban J connectivity index is 1.26. The maximum Gasteiger partial charge on any atom is 0.234 e. The van der Waals surface area contributed by atoms with Gasteiger partial charge in [-0.3, -0.25) is 9.78 Å². The molecule has 0 bridgehead atoms. The minimum Gasteiger partial charge on any atom is -0.325 e. The molecule has 0 saturated carbocycles. The minimum absolute atomic E-state index is 0.0206. The van der Waals surface area contributed by atoms with Crippen LogP contribution in [0.4, 0.5) is 5.69 Å². The molecule has 3 heterocycles. The average molecular weight is 453 g/mol. The van der Waals surface area contributed by atoms with E-state index in [0.717, 1.165) is 22.7 Å². The number of carbonyl (C=O) groups is 1. The molecule has 5 rings (SSSR count). The lowest BCUT2D eigenvalue weighted by Crippen LogP contribution is -2.14. The monoisotopic (exact) mass is 452 g/mol. The summed E-state index contributed by atoms with van der Waals surface area (Å²) in [6.45, 7) is 0. The van der Waals surface area contributed by atoms with E-state index in [1.54, 1.807) is 22.5 Å². The summed E-state index contributed by atoms with van der Waals surface area (Å²) < 4.78 is 1.69. The van der Waals surface area contributed by atoms with E-state index in [1.165, 1.54) is 5.56 Å². The van der Waals surface area contributed by atoms with Crippen molar-refractivity contribution in [2.75, 3.05) is 11.1 Å². The second kappa shape index (κ2) is 9.62. The maximum absolute atomic E-state index is 12.3. The van der Waals surface area contributed by atoms with Crippen molar-refractivity contribution >= 4 is 29.0 Å². The fourth-order valence-electron chi connectivity index (χ4n) is 3.35. The molecule has 8 heteroatoms. The number of benzene rings is 2. The van der Waals surface area contributed by atoms with Crippen LogP contribution < -0.4 is 5.32 Å². The molecular formula is C25H20N6OS. The predicted octanol–water partition coefficient (Wildman–Crippen LogP) is 4.73. The normalized spacial score (nSPS) is 10.9. The Morgan fingerprint density at radius 1 is 0.848 bits per heavy atom. The van der Waals surface area contributed by atoms with Gasteiger partial charge in [0.05, 0.1) is 11.4 Å². The molecule has 1 amide bonds. The third kappa shape index (κ3) is 4.91. The van der Waals surface area contributed by atoms with Crippen molar-refractivity contribution in [1.29, 1.82) is 0 Å². The number of carbonyl (C=O) groups excluding carboxylic acids is 1. The lowest BCUT2D eigenvalue weighted by atomic mass is 10.1. The molecule has 0 aliphatic heterocycles. The van der Waals surface area contributed by atoms with Crippen molar-refractivity contribution in [3.8, 4) is 22.8 Å². The van der Waals surface area contributed by atoms with Gasteiger partial charge in [-0.25, -0.2) is 0 Å². The molecule has 0 atom stereocenters. The molecule has 1 N–H and O–H groups in total. The first-order valence-electron chi connectivity index (χ1n) is 10.4. The SMILES string of the molecule is O=C(CSCc1ccccc1)Nc1ccc(-c2ccc3nnc(-c4ccccn4)n3n2)cc1. The summed E-state index contributed by atoms with van der Waals surface area (Å²) >= 11 is 1.59. The van der Waals surface area contributed by atoms with Crippen LogP contribution in [0.15, 0.2) is 91.1 Å². The molecule has 2 aromatic carbocycles. The standard InChI is InChI=1S/C25H20N6OS/c32-24(17-33-16-18-6-2-1-3-7-18)27-20-11-9-19(10-12-20)21-13-14-23-28-29-25(31(23)30-21)22-8-4-5-15-26-22/h1-15H,16-17H2,(H,27,32). The number of fused-ring (bicyclic) bond motifs is 1. The van der Waals surface area contributed by atoms with Crippen molar-refractivity contribution in [3.05, 3.63) is 96.7 Å². The molecule has 5 aromatic rings. The lowest BCUT2D eigenvalue weighted by molar-refractivity contribution is -0.113.